The van der Waals surface area contributed by atoms with Crippen LogP contribution in [0, 0.1) is 0 Å². The molecule has 26 heavy (non-hydrogen) atoms. The molecule has 0 unspecified atom stereocenters. The Labute approximate surface area is 146 Å². The maximum absolute atomic E-state index is 10.5. The summed E-state index contributed by atoms with van der Waals surface area (Å²) < 4.78 is 8.82. The fourth-order valence-corrected chi connectivity index (χ4v) is 1.36. The van der Waals surface area contributed by atoms with Gasteiger partial charge in [0.1, 0.15) is 24.6 Å². The average Bonchev–Trinajstić information content (AvgIpc) is 3.15. The van der Waals surface area contributed by atoms with E-state index in [1.807, 2.05) is 0 Å². The molecule has 0 fully saturated rings. The number of carbonyl (C=O) groups excluding carboxylic acids is 4. The Morgan fingerprint density at radius 1 is 0.808 bits per heavy atom. The molecule has 8 N–H and O–H groups in total. The summed E-state index contributed by atoms with van der Waals surface area (Å²) in [6.45, 7) is 0.525. The van der Waals surface area contributed by atoms with Gasteiger partial charge in [0.2, 0.25) is 0 Å². The molecule has 1 aromatic heterocycles. The summed E-state index contributed by atoms with van der Waals surface area (Å²) in [5.41, 5.74) is 21.1. The summed E-state index contributed by atoms with van der Waals surface area (Å²) in [5.74, 6) is -2.06. The molecule has 3 heterocycles. The minimum atomic E-state index is -0.696. The number of carbonyl (C=O) groups is 4. The van der Waals surface area contributed by atoms with Gasteiger partial charge in [-0.2, -0.15) is 0 Å². The van der Waals surface area contributed by atoms with Crippen molar-refractivity contribution in [1.29, 1.82) is 0 Å². The number of nitrogens with zero attached hydrogens (tertiary/aromatic N) is 2. The molecule has 2 aliphatic heterocycles. The molecule has 2 amide bonds. The Morgan fingerprint density at radius 3 is 1.27 bits per heavy atom. The van der Waals surface area contributed by atoms with Gasteiger partial charge >= 0.3 is 11.9 Å². The molecular formula is C14H16N6O6. The first-order valence-electron chi connectivity index (χ1n) is 6.86. The summed E-state index contributed by atoms with van der Waals surface area (Å²) >= 11 is 0. The van der Waals surface area contributed by atoms with Crippen LogP contribution < -0.4 is 22.9 Å². The van der Waals surface area contributed by atoms with Crippen molar-refractivity contribution in [2.45, 2.75) is 0 Å². The van der Waals surface area contributed by atoms with Gasteiger partial charge in [0.15, 0.2) is 0 Å². The topological polar surface area (TPSA) is 217 Å². The van der Waals surface area contributed by atoms with Crippen LogP contribution in [-0.4, -0.2) is 46.9 Å². The van der Waals surface area contributed by atoms with Gasteiger partial charge in [-0.15, -0.1) is 0 Å². The predicted molar refractivity (Wildman–Crippen MR) is 85.5 cm³/mol. The standard InChI is InChI=1S/C6H6N4O2.2C4H5NO2/c7-5(11)3-1-9-4(2-10-3)6(8)12;2*5-3-1-4(6)7-2-3/h1-2H,(H2,7,11)(H2,8,12);2*1H,2,5H2. The van der Waals surface area contributed by atoms with Crippen molar-refractivity contribution < 1.29 is 28.7 Å². The van der Waals surface area contributed by atoms with E-state index in [2.05, 4.69) is 19.4 Å². The van der Waals surface area contributed by atoms with Crippen LogP contribution in [0.15, 0.2) is 35.9 Å². The van der Waals surface area contributed by atoms with Crippen LogP contribution in [-0.2, 0) is 19.1 Å². The number of nitrogens with two attached hydrogens (primary N) is 4. The summed E-state index contributed by atoms with van der Waals surface area (Å²) in [6.07, 6.45) is 4.75. The maximum Gasteiger partial charge on any atom is 0.333 e. The van der Waals surface area contributed by atoms with E-state index in [1.165, 1.54) is 12.2 Å². The molecule has 12 nitrogen and oxygen atoms in total. The zero-order valence-corrected chi connectivity index (χ0v) is 13.4. The third kappa shape index (κ3) is 7.08. The number of amides is 2. The number of primary amides is 2. The Morgan fingerprint density at radius 2 is 1.15 bits per heavy atom. The first-order valence-corrected chi connectivity index (χ1v) is 6.86. The largest absolute Gasteiger partial charge is 0.456 e. The normalized spacial score (nSPS) is 14.5. The van der Waals surface area contributed by atoms with E-state index < -0.39 is 11.8 Å². The van der Waals surface area contributed by atoms with E-state index in [0.29, 0.717) is 11.4 Å². The molecule has 0 radical (unpaired) electrons. The highest BCUT2D eigenvalue weighted by atomic mass is 16.5. The number of hydrogen-bond acceptors (Lipinski definition) is 10. The lowest BCUT2D eigenvalue weighted by molar-refractivity contribution is -0.135. The lowest BCUT2D eigenvalue weighted by atomic mass is 10.4. The Kier molecular flexibility index (Phi) is 7.23. The van der Waals surface area contributed by atoms with Crippen LogP contribution >= 0.6 is 0 Å². The highest BCUT2D eigenvalue weighted by Gasteiger charge is 2.08. The molecule has 0 saturated heterocycles. The van der Waals surface area contributed by atoms with Crippen LogP contribution in [0.3, 0.4) is 0 Å². The van der Waals surface area contributed by atoms with Crippen LogP contribution in [0.2, 0.25) is 0 Å². The van der Waals surface area contributed by atoms with Crippen molar-refractivity contribution in [2.75, 3.05) is 13.2 Å². The summed E-state index contributed by atoms with van der Waals surface area (Å²) in [4.78, 5) is 48.2. The molecule has 3 rings (SSSR count). The van der Waals surface area contributed by atoms with Gasteiger partial charge in [0.05, 0.1) is 23.8 Å². The Bertz CT molecular complexity index is 706. The minimum Gasteiger partial charge on any atom is -0.456 e. The molecular weight excluding hydrogens is 348 g/mol. The van der Waals surface area contributed by atoms with E-state index in [0.717, 1.165) is 12.4 Å². The van der Waals surface area contributed by atoms with Crippen molar-refractivity contribution in [3.05, 3.63) is 47.3 Å². The number of cyclic esters (lactones) is 2. The van der Waals surface area contributed by atoms with Crippen molar-refractivity contribution in [2.24, 2.45) is 22.9 Å². The van der Waals surface area contributed by atoms with Gasteiger partial charge in [-0.3, -0.25) is 9.59 Å². The molecule has 1 aromatic rings. The van der Waals surface area contributed by atoms with E-state index in [4.69, 9.17) is 22.9 Å². The average molecular weight is 364 g/mol. The first-order chi connectivity index (χ1) is 12.2. The number of rotatable bonds is 2. The lowest BCUT2D eigenvalue weighted by Crippen LogP contribution is -2.17. The second-order valence-corrected chi connectivity index (χ2v) is 4.67. The SMILES string of the molecule is NC(=O)c1cnc(C(N)=O)cn1.NC1=CC(=O)OC1.NC1=CC(=O)OC1. The second kappa shape index (κ2) is 9.36. The zero-order valence-electron chi connectivity index (χ0n) is 13.4. The minimum absolute atomic E-state index is 0.000000000000000222. The molecule has 0 atom stereocenters. The molecule has 0 aromatic carbocycles. The predicted octanol–water partition coefficient (Wildman–Crippen LogP) is -2.55. The zero-order chi connectivity index (χ0) is 19.7. The smallest absolute Gasteiger partial charge is 0.333 e. The van der Waals surface area contributed by atoms with Gasteiger partial charge in [0.25, 0.3) is 11.8 Å². The quantitative estimate of drug-likeness (QED) is 0.402. The van der Waals surface area contributed by atoms with E-state index in [1.54, 1.807) is 0 Å². The monoisotopic (exact) mass is 364 g/mol. The van der Waals surface area contributed by atoms with Crippen LogP contribution in [0.25, 0.3) is 0 Å². The fourth-order valence-electron chi connectivity index (χ4n) is 1.36. The van der Waals surface area contributed by atoms with Crippen LogP contribution in [0.5, 0.6) is 0 Å². The van der Waals surface area contributed by atoms with Gasteiger partial charge < -0.3 is 32.4 Å². The molecule has 2 aliphatic rings. The number of esters is 2. The third-order valence-electron chi connectivity index (χ3n) is 2.53. The molecule has 0 spiro atoms. The van der Waals surface area contributed by atoms with Crippen molar-refractivity contribution >= 4 is 23.8 Å². The summed E-state index contributed by atoms with van der Waals surface area (Å²) in [5, 5.41) is 0. The van der Waals surface area contributed by atoms with Crippen LogP contribution in [0.1, 0.15) is 21.0 Å². The molecule has 12 heteroatoms. The summed E-state index contributed by atoms with van der Waals surface area (Å²) in [7, 11) is 0. The Balaban J connectivity index is 0.000000207. The second-order valence-electron chi connectivity index (χ2n) is 4.67. The maximum atomic E-state index is 10.5. The van der Waals surface area contributed by atoms with Crippen molar-refractivity contribution in [3.63, 3.8) is 0 Å². The Hall–Kier alpha value is -3.96. The first kappa shape index (κ1) is 20.1. The van der Waals surface area contributed by atoms with Crippen molar-refractivity contribution in [3.8, 4) is 0 Å². The van der Waals surface area contributed by atoms with Gasteiger partial charge in [-0.05, 0) is 0 Å². The van der Waals surface area contributed by atoms with E-state index in [-0.39, 0.29) is 36.5 Å². The van der Waals surface area contributed by atoms with E-state index >= 15 is 0 Å². The van der Waals surface area contributed by atoms with Crippen LogP contribution in [0.4, 0.5) is 0 Å². The third-order valence-corrected chi connectivity index (χ3v) is 2.53. The molecule has 0 bridgehead atoms. The number of hydrogen-bond donors (Lipinski definition) is 4. The molecule has 138 valence electrons. The molecule has 0 aliphatic carbocycles. The molecule has 0 saturated carbocycles. The summed E-state index contributed by atoms with van der Waals surface area (Å²) in [6, 6.07) is 0. The number of ether oxygens (including phenoxy) is 2. The fraction of sp³-hybridized carbons (Fsp3) is 0.143. The lowest BCUT2D eigenvalue weighted by Gasteiger charge is -1.94. The van der Waals surface area contributed by atoms with Crippen molar-refractivity contribution in [1.82, 2.24) is 9.97 Å². The van der Waals surface area contributed by atoms with E-state index in [9.17, 15) is 19.2 Å². The van der Waals surface area contributed by atoms with Gasteiger partial charge in [0, 0.05) is 12.2 Å². The highest BCUT2D eigenvalue weighted by molar-refractivity contribution is 5.92. The number of aromatic nitrogens is 2. The highest BCUT2D eigenvalue weighted by Crippen LogP contribution is 1.97. The van der Waals surface area contributed by atoms with Gasteiger partial charge in [-0.1, -0.05) is 0 Å². The van der Waals surface area contributed by atoms with Gasteiger partial charge in [-0.25, -0.2) is 19.6 Å².